The van der Waals surface area contributed by atoms with Crippen LogP contribution >= 0.6 is 11.6 Å². The number of ether oxygens (including phenoxy) is 1. The molecule has 1 aliphatic rings. The van der Waals surface area contributed by atoms with Crippen molar-refractivity contribution in [2.24, 2.45) is 0 Å². The molecule has 0 aliphatic heterocycles. The van der Waals surface area contributed by atoms with E-state index in [1.807, 2.05) is 18.3 Å². The molecule has 0 saturated heterocycles. The molecule has 1 amide bonds. The van der Waals surface area contributed by atoms with Crippen molar-refractivity contribution < 1.29 is 9.53 Å². The van der Waals surface area contributed by atoms with Crippen LogP contribution in [0.15, 0.2) is 30.6 Å². The van der Waals surface area contributed by atoms with Crippen LogP contribution in [0.2, 0.25) is 5.15 Å². The summed E-state index contributed by atoms with van der Waals surface area (Å²) in [5.41, 5.74) is 2.39. The van der Waals surface area contributed by atoms with Crippen molar-refractivity contribution in [3.8, 4) is 17.3 Å². The number of hydrogen-bond donors (Lipinski definition) is 2. The van der Waals surface area contributed by atoms with E-state index in [0.29, 0.717) is 10.8 Å². The number of carbonyl (C=O) groups excluding carboxylic acids is 1. The molecule has 8 heteroatoms. The zero-order valence-corrected chi connectivity index (χ0v) is 15.7. The fourth-order valence-corrected chi connectivity index (χ4v) is 3.69. The number of fused-ring (bicyclic) bond motifs is 1. The van der Waals surface area contributed by atoms with E-state index in [9.17, 15) is 4.79 Å². The molecule has 7 nitrogen and oxygen atoms in total. The molecular formula is C19H20ClN5O2. The second kappa shape index (κ2) is 7.52. The zero-order valence-electron chi connectivity index (χ0n) is 14.9. The summed E-state index contributed by atoms with van der Waals surface area (Å²) in [6.07, 6.45) is 7.06. The molecule has 3 heterocycles. The number of halogens is 1. The molecule has 3 aromatic heterocycles. The van der Waals surface area contributed by atoms with Gasteiger partial charge in [-0.1, -0.05) is 11.6 Å². The van der Waals surface area contributed by atoms with Gasteiger partial charge in [-0.25, -0.2) is 4.98 Å². The Labute approximate surface area is 161 Å². The van der Waals surface area contributed by atoms with Gasteiger partial charge in [0.2, 0.25) is 5.91 Å². The third-order valence-corrected chi connectivity index (χ3v) is 4.95. The fourth-order valence-electron chi connectivity index (χ4n) is 3.52. The van der Waals surface area contributed by atoms with Gasteiger partial charge in [-0.2, -0.15) is 9.97 Å². The monoisotopic (exact) mass is 385 g/mol. The minimum Gasteiger partial charge on any atom is -0.460 e. The summed E-state index contributed by atoms with van der Waals surface area (Å²) in [6.45, 7) is 1.55. The summed E-state index contributed by atoms with van der Waals surface area (Å²) in [6, 6.07) is 6.08. The summed E-state index contributed by atoms with van der Waals surface area (Å²) in [5, 5.41) is 4.26. The molecule has 0 atom stereocenters. The molecule has 1 aliphatic carbocycles. The fraction of sp³-hybridized carbons (Fsp3) is 0.368. The molecule has 0 spiro atoms. The highest BCUT2D eigenvalue weighted by Gasteiger charge is 2.24. The standard InChI is InChI=1S/C19H20ClN5O2/c1-11(26)23-12-4-6-13(7-5-12)27-19-24-16(9-17(20)25-19)15-10-22-18-14(15)3-2-8-21-18/h2-3,8-10,12-13H,4-7H2,1H3,(H,21,22)(H,23,26). The van der Waals surface area contributed by atoms with Crippen LogP contribution in [0.5, 0.6) is 6.01 Å². The number of amides is 1. The van der Waals surface area contributed by atoms with Gasteiger partial charge in [0, 0.05) is 42.4 Å². The molecule has 0 radical (unpaired) electrons. The number of aromatic amines is 1. The van der Waals surface area contributed by atoms with Crippen LogP contribution in [0, 0.1) is 0 Å². The summed E-state index contributed by atoms with van der Waals surface area (Å²) < 4.78 is 6.00. The highest BCUT2D eigenvalue weighted by Crippen LogP contribution is 2.30. The van der Waals surface area contributed by atoms with Crippen LogP contribution in [0.1, 0.15) is 32.6 Å². The molecule has 2 N–H and O–H groups in total. The van der Waals surface area contributed by atoms with E-state index >= 15 is 0 Å². The minimum atomic E-state index is 0.00963. The number of pyridine rings is 1. The van der Waals surface area contributed by atoms with E-state index in [4.69, 9.17) is 16.3 Å². The Bertz CT molecular complexity index is 966. The predicted molar refractivity (Wildman–Crippen MR) is 103 cm³/mol. The Morgan fingerprint density at radius 1 is 1.30 bits per heavy atom. The molecule has 140 valence electrons. The van der Waals surface area contributed by atoms with Gasteiger partial charge in [0.25, 0.3) is 0 Å². The largest absolute Gasteiger partial charge is 0.460 e. The Balaban J connectivity index is 1.51. The number of aromatic nitrogens is 4. The second-order valence-corrected chi connectivity index (χ2v) is 7.14. The van der Waals surface area contributed by atoms with Crippen LogP contribution in [0.4, 0.5) is 0 Å². The SMILES string of the molecule is CC(=O)NC1CCC(Oc2nc(Cl)cc(-c3c[nH]c4ncccc34)n2)CC1. The second-order valence-electron chi connectivity index (χ2n) is 6.75. The lowest BCUT2D eigenvalue weighted by molar-refractivity contribution is -0.120. The first-order valence-corrected chi connectivity index (χ1v) is 9.37. The Morgan fingerprint density at radius 2 is 2.11 bits per heavy atom. The van der Waals surface area contributed by atoms with Gasteiger partial charge in [-0.05, 0) is 37.8 Å². The quantitative estimate of drug-likeness (QED) is 0.670. The van der Waals surface area contributed by atoms with E-state index in [1.165, 1.54) is 0 Å². The van der Waals surface area contributed by atoms with Crippen molar-refractivity contribution in [3.05, 3.63) is 35.7 Å². The number of nitrogens with one attached hydrogen (secondary N) is 2. The van der Waals surface area contributed by atoms with Crippen molar-refractivity contribution in [2.75, 3.05) is 0 Å². The van der Waals surface area contributed by atoms with Crippen LogP contribution in [-0.2, 0) is 4.79 Å². The molecule has 1 saturated carbocycles. The van der Waals surface area contributed by atoms with Gasteiger partial charge in [-0.3, -0.25) is 4.79 Å². The molecule has 0 unspecified atom stereocenters. The lowest BCUT2D eigenvalue weighted by Gasteiger charge is -2.28. The van der Waals surface area contributed by atoms with E-state index in [0.717, 1.165) is 42.3 Å². The third-order valence-electron chi connectivity index (χ3n) is 4.76. The van der Waals surface area contributed by atoms with E-state index in [-0.39, 0.29) is 24.1 Å². The van der Waals surface area contributed by atoms with Crippen molar-refractivity contribution in [2.45, 2.75) is 44.8 Å². The number of rotatable bonds is 4. The molecule has 1 fully saturated rings. The first kappa shape index (κ1) is 17.7. The molecule has 0 bridgehead atoms. The highest BCUT2D eigenvalue weighted by atomic mass is 35.5. The summed E-state index contributed by atoms with van der Waals surface area (Å²) >= 11 is 6.21. The molecular weight excluding hydrogens is 366 g/mol. The van der Waals surface area contributed by atoms with E-state index in [2.05, 4.69) is 25.3 Å². The molecule has 27 heavy (non-hydrogen) atoms. The number of nitrogens with zero attached hydrogens (tertiary/aromatic N) is 3. The van der Waals surface area contributed by atoms with Crippen molar-refractivity contribution in [1.29, 1.82) is 0 Å². The zero-order chi connectivity index (χ0) is 18.8. The van der Waals surface area contributed by atoms with Gasteiger partial charge < -0.3 is 15.0 Å². The Morgan fingerprint density at radius 3 is 2.89 bits per heavy atom. The molecule has 3 aromatic rings. The number of hydrogen-bond acceptors (Lipinski definition) is 5. The minimum absolute atomic E-state index is 0.00963. The van der Waals surface area contributed by atoms with Gasteiger partial charge in [0.1, 0.15) is 16.9 Å². The lowest BCUT2D eigenvalue weighted by atomic mass is 9.93. The average molecular weight is 386 g/mol. The van der Waals surface area contributed by atoms with Crippen LogP contribution in [0.25, 0.3) is 22.3 Å². The summed E-state index contributed by atoms with van der Waals surface area (Å²) in [7, 11) is 0. The maximum atomic E-state index is 11.2. The van der Waals surface area contributed by atoms with Gasteiger partial charge in [0.15, 0.2) is 0 Å². The van der Waals surface area contributed by atoms with Gasteiger partial charge in [0.05, 0.1) is 5.69 Å². The van der Waals surface area contributed by atoms with Crippen LogP contribution in [0.3, 0.4) is 0 Å². The smallest absolute Gasteiger partial charge is 0.318 e. The highest BCUT2D eigenvalue weighted by molar-refractivity contribution is 6.29. The molecule has 0 aromatic carbocycles. The number of H-pyrrole nitrogens is 1. The number of carbonyl (C=O) groups is 1. The van der Waals surface area contributed by atoms with E-state index < -0.39 is 0 Å². The first-order valence-electron chi connectivity index (χ1n) is 8.99. The van der Waals surface area contributed by atoms with Crippen molar-refractivity contribution in [3.63, 3.8) is 0 Å². The predicted octanol–water partition coefficient (Wildman–Crippen LogP) is 3.50. The normalized spacial score (nSPS) is 19.8. The Hall–Kier alpha value is -2.67. The van der Waals surface area contributed by atoms with Crippen LogP contribution < -0.4 is 10.1 Å². The topological polar surface area (TPSA) is 92.8 Å². The van der Waals surface area contributed by atoms with Gasteiger partial charge >= 0.3 is 6.01 Å². The average Bonchev–Trinajstić information content (AvgIpc) is 3.07. The Kier molecular flexibility index (Phi) is 4.94. The summed E-state index contributed by atoms with van der Waals surface area (Å²) in [5.74, 6) is 0.00963. The third kappa shape index (κ3) is 4.03. The van der Waals surface area contributed by atoms with Gasteiger partial charge in [-0.15, -0.1) is 0 Å². The lowest BCUT2D eigenvalue weighted by Crippen LogP contribution is -2.38. The van der Waals surface area contributed by atoms with Crippen LogP contribution in [-0.4, -0.2) is 38.0 Å². The maximum absolute atomic E-state index is 11.2. The molecule has 4 rings (SSSR count). The first-order chi connectivity index (χ1) is 13.1. The van der Waals surface area contributed by atoms with E-state index in [1.54, 1.807) is 19.2 Å². The maximum Gasteiger partial charge on any atom is 0.318 e. The summed E-state index contributed by atoms with van der Waals surface area (Å²) in [4.78, 5) is 27.4. The van der Waals surface area contributed by atoms with Crippen molar-refractivity contribution >= 4 is 28.5 Å². The van der Waals surface area contributed by atoms with Crippen molar-refractivity contribution in [1.82, 2.24) is 25.3 Å².